The number of halogens is 3. The van der Waals surface area contributed by atoms with E-state index in [2.05, 4.69) is 4.98 Å². The van der Waals surface area contributed by atoms with Gasteiger partial charge in [0.25, 0.3) is 5.91 Å². The van der Waals surface area contributed by atoms with Crippen LogP contribution in [0, 0.1) is 0 Å². The maximum Gasteiger partial charge on any atom is 0.471 e. The Bertz CT molecular complexity index is 786. The average molecular weight is 329 g/mol. The molecule has 0 fully saturated rings. The number of likely N-dealkylation sites (N-methyl/N-ethyl adjacent to an activating group) is 1. The Morgan fingerprint density at radius 3 is 2.87 bits per heavy atom. The van der Waals surface area contributed by atoms with E-state index in [0.717, 1.165) is 4.90 Å². The molecule has 0 saturated carbocycles. The second-order valence-electron chi connectivity index (χ2n) is 4.87. The van der Waals surface area contributed by atoms with Crippen molar-refractivity contribution in [1.82, 2.24) is 10.3 Å². The van der Waals surface area contributed by atoms with E-state index >= 15 is 0 Å². The van der Waals surface area contributed by atoms with E-state index in [4.69, 9.17) is 9.15 Å². The molecule has 0 unspecified atom stereocenters. The fourth-order valence-electron chi connectivity index (χ4n) is 2.19. The van der Waals surface area contributed by atoms with Crippen molar-refractivity contribution in [1.29, 1.82) is 0 Å². The molecule has 0 bridgehead atoms. The zero-order valence-corrected chi connectivity index (χ0v) is 11.7. The van der Waals surface area contributed by atoms with Gasteiger partial charge < -0.3 is 19.4 Å². The topological polar surface area (TPSA) is 84.7 Å². The van der Waals surface area contributed by atoms with E-state index in [9.17, 15) is 22.8 Å². The molecular weight excluding hydrogens is 319 g/mol. The Balaban J connectivity index is 1.91. The first kappa shape index (κ1) is 15.1. The molecule has 1 N–H and O–H groups in total. The molecule has 2 heterocycles. The Kier molecular flexibility index (Phi) is 3.38. The summed E-state index contributed by atoms with van der Waals surface area (Å²) in [7, 11) is 1.37. The van der Waals surface area contributed by atoms with Crippen LogP contribution in [-0.2, 0) is 9.59 Å². The molecule has 1 atom stereocenters. The summed E-state index contributed by atoms with van der Waals surface area (Å²) in [4.78, 5) is 28.3. The second kappa shape index (κ2) is 5.14. The highest BCUT2D eigenvalue weighted by Gasteiger charge is 2.42. The number of rotatable bonds is 1. The van der Waals surface area contributed by atoms with Crippen LogP contribution in [0.2, 0.25) is 0 Å². The van der Waals surface area contributed by atoms with Gasteiger partial charge in [0.15, 0.2) is 12.0 Å². The molecular formula is C13H10F3N3O4. The number of benzene rings is 1. The number of nitrogens with one attached hydrogen (secondary N) is 1. The molecule has 7 nitrogen and oxygen atoms in total. The summed E-state index contributed by atoms with van der Waals surface area (Å²) in [5.41, 5.74) is 1.18. The van der Waals surface area contributed by atoms with E-state index in [1.807, 2.05) is 0 Å². The fraction of sp³-hybridized carbons (Fsp3) is 0.308. The summed E-state index contributed by atoms with van der Waals surface area (Å²) in [6.45, 7) is -0.429. The van der Waals surface area contributed by atoms with Gasteiger partial charge in [-0.1, -0.05) is 0 Å². The van der Waals surface area contributed by atoms with Crippen LogP contribution in [0.15, 0.2) is 22.9 Å². The molecule has 10 heteroatoms. The van der Waals surface area contributed by atoms with Crippen molar-refractivity contribution in [3.8, 4) is 5.75 Å². The lowest BCUT2D eigenvalue weighted by molar-refractivity contribution is -0.174. The number of hydrogen-bond acceptors (Lipinski definition) is 5. The van der Waals surface area contributed by atoms with Crippen molar-refractivity contribution in [2.45, 2.75) is 12.2 Å². The van der Waals surface area contributed by atoms with Crippen LogP contribution in [0.1, 0.15) is 0 Å². The lowest BCUT2D eigenvalue weighted by Gasteiger charge is -2.20. The lowest BCUT2D eigenvalue weighted by atomic mass is 10.2. The minimum atomic E-state index is -5.08. The summed E-state index contributed by atoms with van der Waals surface area (Å²) in [6.07, 6.45) is -3.86. The fourth-order valence-corrected chi connectivity index (χ4v) is 2.19. The highest BCUT2D eigenvalue weighted by molar-refractivity contribution is 6.02. The summed E-state index contributed by atoms with van der Waals surface area (Å²) in [6, 6.07) is 1.54. The largest absolute Gasteiger partial charge is 0.489 e. The predicted molar refractivity (Wildman–Crippen MR) is 70.9 cm³/mol. The average Bonchev–Trinajstić information content (AvgIpc) is 2.90. The molecule has 122 valence electrons. The van der Waals surface area contributed by atoms with Gasteiger partial charge in [-0.2, -0.15) is 13.2 Å². The Morgan fingerprint density at radius 2 is 2.17 bits per heavy atom. The molecule has 1 aliphatic rings. The first-order valence-electron chi connectivity index (χ1n) is 6.42. The predicted octanol–water partition coefficient (Wildman–Crippen LogP) is 1.23. The number of carbonyl (C=O) groups excluding carboxylic acids is 2. The Morgan fingerprint density at radius 1 is 1.43 bits per heavy atom. The third-order valence-corrected chi connectivity index (χ3v) is 3.37. The van der Waals surface area contributed by atoms with Crippen LogP contribution in [0.5, 0.6) is 5.75 Å². The van der Waals surface area contributed by atoms with E-state index in [-0.39, 0.29) is 5.75 Å². The molecule has 2 aromatic rings. The summed E-state index contributed by atoms with van der Waals surface area (Å²) in [5.74, 6) is -2.68. The molecule has 23 heavy (non-hydrogen) atoms. The van der Waals surface area contributed by atoms with Crippen LogP contribution in [0.25, 0.3) is 11.1 Å². The molecule has 0 aliphatic carbocycles. The molecule has 1 aliphatic heterocycles. The maximum absolute atomic E-state index is 12.3. The molecule has 0 radical (unpaired) electrons. The summed E-state index contributed by atoms with van der Waals surface area (Å²) >= 11 is 0. The van der Waals surface area contributed by atoms with E-state index in [1.165, 1.54) is 25.6 Å². The Labute approximate surface area is 127 Å². The van der Waals surface area contributed by atoms with Crippen LogP contribution in [0.4, 0.5) is 18.9 Å². The monoisotopic (exact) mass is 329 g/mol. The van der Waals surface area contributed by atoms with Crippen LogP contribution >= 0.6 is 0 Å². The minimum Gasteiger partial charge on any atom is -0.489 e. The molecule has 3 rings (SSSR count). The number of anilines is 1. The van der Waals surface area contributed by atoms with Gasteiger partial charge in [0.05, 0.1) is 5.69 Å². The van der Waals surface area contributed by atoms with Crippen molar-refractivity contribution in [3.05, 3.63) is 18.5 Å². The SMILES string of the molecule is CN1C(=O)[C@@H](NC(=O)C(F)(F)F)COc2cc3ncoc3cc21. The van der Waals surface area contributed by atoms with Gasteiger partial charge in [-0.3, -0.25) is 9.59 Å². The van der Waals surface area contributed by atoms with Gasteiger partial charge in [0, 0.05) is 19.2 Å². The first-order valence-corrected chi connectivity index (χ1v) is 6.42. The number of amides is 2. The number of aromatic nitrogens is 1. The van der Waals surface area contributed by atoms with E-state index in [1.54, 1.807) is 5.32 Å². The van der Waals surface area contributed by atoms with E-state index < -0.39 is 30.6 Å². The molecule has 0 saturated heterocycles. The second-order valence-corrected chi connectivity index (χ2v) is 4.87. The number of oxazole rings is 1. The van der Waals surface area contributed by atoms with Crippen molar-refractivity contribution in [3.63, 3.8) is 0 Å². The first-order chi connectivity index (χ1) is 10.8. The molecule has 1 aromatic carbocycles. The van der Waals surface area contributed by atoms with Gasteiger partial charge in [0.1, 0.15) is 23.9 Å². The van der Waals surface area contributed by atoms with Crippen LogP contribution < -0.4 is 15.0 Å². The van der Waals surface area contributed by atoms with Crippen LogP contribution in [0.3, 0.4) is 0 Å². The standard InChI is InChI=1S/C13H10F3N3O4/c1-19-8-3-9-6(17-5-23-9)2-10(8)22-4-7(11(19)20)18-12(21)13(14,15)16/h2-3,5,7H,4H2,1H3,(H,18,21)/t7-/m0/s1. The smallest absolute Gasteiger partial charge is 0.471 e. The van der Waals surface area contributed by atoms with Crippen molar-refractivity contribution in [2.24, 2.45) is 0 Å². The van der Waals surface area contributed by atoms with Gasteiger partial charge in [-0.25, -0.2) is 4.98 Å². The molecule has 2 amide bonds. The number of hydrogen-bond donors (Lipinski definition) is 1. The van der Waals surface area contributed by atoms with Crippen molar-refractivity contribution < 1.29 is 31.9 Å². The highest BCUT2D eigenvalue weighted by atomic mass is 19.4. The van der Waals surface area contributed by atoms with Gasteiger partial charge in [-0.15, -0.1) is 0 Å². The number of nitrogens with zero attached hydrogens (tertiary/aromatic N) is 2. The van der Waals surface area contributed by atoms with Crippen LogP contribution in [-0.4, -0.2) is 42.7 Å². The normalized spacial score (nSPS) is 18.3. The third-order valence-electron chi connectivity index (χ3n) is 3.37. The quantitative estimate of drug-likeness (QED) is 0.851. The zero-order chi connectivity index (χ0) is 16.8. The third kappa shape index (κ3) is 2.67. The lowest BCUT2D eigenvalue weighted by Crippen LogP contribution is -2.52. The minimum absolute atomic E-state index is 0.256. The number of fused-ring (bicyclic) bond motifs is 2. The Hall–Kier alpha value is -2.78. The number of ether oxygens (including phenoxy) is 1. The number of carbonyl (C=O) groups is 2. The number of alkyl halides is 3. The highest BCUT2D eigenvalue weighted by Crippen LogP contribution is 2.34. The summed E-state index contributed by atoms with van der Waals surface area (Å²) < 4.78 is 47.5. The van der Waals surface area contributed by atoms with Crippen molar-refractivity contribution in [2.75, 3.05) is 18.6 Å². The van der Waals surface area contributed by atoms with Crippen molar-refractivity contribution >= 4 is 28.6 Å². The maximum atomic E-state index is 12.3. The molecule has 1 aromatic heterocycles. The van der Waals surface area contributed by atoms with Gasteiger partial charge in [0.2, 0.25) is 0 Å². The molecule has 0 spiro atoms. The summed E-state index contributed by atoms with van der Waals surface area (Å²) in [5, 5.41) is 1.63. The van der Waals surface area contributed by atoms with Gasteiger partial charge >= 0.3 is 12.1 Å². The van der Waals surface area contributed by atoms with E-state index in [0.29, 0.717) is 16.8 Å². The van der Waals surface area contributed by atoms with Gasteiger partial charge in [-0.05, 0) is 0 Å². The zero-order valence-electron chi connectivity index (χ0n) is 11.7.